The highest BCUT2D eigenvalue weighted by molar-refractivity contribution is 5.95. The molecule has 4 unspecified atom stereocenters. The van der Waals surface area contributed by atoms with E-state index in [-0.39, 0.29) is 58.5 Å². The van der Waals surface area contributed by atoms with E-state index >= 15 is 0 Å². The second-order valence-corrected chi connectivity index (χ2v) is 15.7. The molecule has 5 nitrogen and oxygen atoms in total. The van der Waals surface area contributed by atoms with Crippen LogP contribution in [0.2, 0.25) is 0 Å². The summed E-state index contributed by atoms with van der Waals surface area (Å²) in [6.07, 6.45) is 9.87. The number of carbonyl (C=O) groups excluding carboxylic acids is 3. The van der Waals surface area contributed by atoms with Crippen LogP contribution in [-0.4, -0.2) is 29.9 Å². The average molecular weight is 605 g/mol. The Morgan fingerprint density at radius 3 is 2.25 bits per heavy atom. The monoisotopic (exact) mass is 604 g/mol. The van der Waals surface area contributed by atoms with Gasteiger partial charge in [-0.05, 0) is 109 Å². The van der Waals surface area contributed by atoms with Crippen LogP contribution in [0.4, 0.5) is 0 Å². The van der Waals surface area contributed by atoms with Crippen molar-refractivity contribution >= 4 is 17.7 Å². The van der Waals surface area contributed by atoms with Gasteiger partial charge in [0.05, 0.1) is 5.56 Å². The van der Waals surface area contributed by atoms with Crippen molar-refractivity contribution in [1.82, 2.24) is 0 Å². The van der Waals surface area contributed by atoms with E-state index in [2.05, 4.69) is 48.5 Å². The predicted octanol–water partition coefficient (Wildman–Crippen LogP) is 8.86. The Morgan fingerprint density at radius 2 is 1.61 bits per heavy atom. The molecule has 0 amide bonds. The van der Waals surface area contributed by atoms with Gasteiger partial charge in [0.25, 0.3) is 0 Å². The minimum absolute atomic E-state index is 0.0201. The Kier molecular flexibility index (Phi) is 9.55. The highest BCUT2D eigenvalue weighted by Gasteiger charge is 2.62. The summed E-state index contributed by atoms with van der Waals surface area (Å²) < 4.78 is 12.1. The number of carbonyl (C=O) groups is 3. The largest absolute Gasteiger partial charge is 0.462 e. The van der Waals surface area contributed by atoms with Crippen molar-refractivity contribution in [2.75, 3.05) is 0 Å². The zero-order chi connectivity index (χ0) is 32.0. The summed E-state index contributed by atoms with van der Waals surface area (Å²) in [6.45, 7) is 17.6. The van der Waals surface area contributed by atoms with E-state index in [1.807, 2.05) is 24.3 Å². The van der Waals surface area contributed by atoms with Crippen LogP contribution in [0.5, 0.6) is 0 Å². The standard InChI is InChI=1S/C39H56O5/c1-9-27(23(2)3)21-35(43-26(6)40)24(4)30-15-16-31-29-22-33(41)36-25(5)34(44-37(42)28-13-11-10-12-14-28)18-20-39(36,8)32(29)17-19-38(30,31)7/h10-14,22-25,27,30-32,34-36H,9,15-21H2,1-8H3/t24-,25?,27+,30+,31-,32-,34?,35?,36?,38+,39+/m0/s1. The molecular formula is C39H56O5. The first kappa shape index (κ1) is 32.9. The van der Waals surface area contributed by atoms with Gasteiger partial charge in [-0.3, -0.25) is 9.59 Å². The zero-order valence-corrected chi connectivity index (χ0v) is 28.4. The van der Waals surface area contributed by atoms with Crippen molar-refractivity contribution in [2.45, 2.75) is 119 Å². The fourth-order valence-corrected chi connectivity index (χ4v) is 10.7. The summed E-state index contributed by atoms with van der Waals surface area (Å²) in [6, 6.07) is 9.17. The quantitative estimate of drug-likeness (QED) is 0.263. The van der Waals surface area contributed by atoms with Crippen LogP contribution in [0.1, 0.15) is 117 Å². The molecule has 44 heavy (non-hydrogen) atoms. The van der Waals surface area contributed by atoms with E-state index in [1.165, 1.54) is 5.57 Å². The minimum atomic E-state index is -0.296. The highest BCUT2D eigenvalue weighted by atomic mass is 16.5. The molecule has 0 aromatic heterocycles. The van der Waals surface area contributed by atoms with Gasteiger partial charge in [-0.2, -0.15) is 0 Å². The molecule has 0 bridgehead atoms. The maximum Gasteiger partial charge on any atom is 0.338 e. The number of hydrogen-bond acceptors (Lipinski definition) is 5. The van der Waals surface area contributed by atoms with Gasteiger partial charge < -0.3 is 9.47 Å². The number of esters is 2. The number of allylic oxidation sites excluding steroid dienone is 2. The summed E-state index contributed by atoms with van der Waals surface area (Å²) >= 11 is 0. The molecule has 5 rings (SSSR count). The van der Waals surface area contributed by atoms with Crippen molar-refractivity contribution in [1.29, 1.82) is 0 Å². The van der Waals surface area contributed by atoms with Crippen molar-refractivity contribution in [3.05, 3.63) is 47.5 Å². The Morgan fingerprint density at radius 1 is 0.955 bits per heavy atom. The molecule has 0 radical (unpaired) electrons. The van der Waals surface area contributed by atoms with Gasteiger partial charge in [0.15, 0.2) is 5.78 Å². The molecule has 0 aliphatic heterocycles. The molecule has 242 valence electrons. The van der Waals surface area contributed by atoms with Gasteiger partial charge >= 0.3 is 11.9 Å². The lowest BCUT2D eigenvalue weighted by Gasteiger charge is -2.58. The lowest BCUT2D eigenvalue weighted by Crippen LogP contribution is -2.56. The molecule has 4 aliphatic rings. The van der Waals surface area contributed by atoms with Crippen molar-refractivity contribution in [3.63, 3.8) is 0 Å². The lowest BCUT2D eigenvalue weighted by molar-refractivity contribution is -0.153. The number of ketones is 1. The molecule has 3 fully saturated rings. The first-order valence-corrected chi connectivity index (χ1v) is 17.5. The summed E-state index contributed by atoms with van der Waals surface area (Å²) in [5, 5.41) is 0. The topological polar surface area (TPSA) is 69.7 Å². The van der Waals surface area contributed by atoms with E-state index in [9.17, 15) is 14.4 Å². The molecule has 5 heteroatoms. The minimum Gasteiger partial charge on any atom is -0.462 e. The predicted molar refractivity (Wildman–Crippen MR) is 174 cm³/mol. The van der Waals surface area contributed by atoms with Crippen LogP contribution >= 0.6 is 0 Å². The fourth-order valence-electron chi connectivity index (χ4n) is 10.7. The van der Waals surface area contributed by atoms with E-state index < -0.39 is 0 Å². The SMILES string of the molecule is CC[C@H](CC(OC(C)=O)[C@@H](C)[C@H]1CC[C@H]2C3=CC(=O)C4C(C)C(OC(=O)c5ccccc5)CC[C@]4(C)[C@H]3CC[C@]12C)C(C)C. The highest BCUT2D eigenvalue weighted by Crippen LogP contribution is 2.67. The third-order valence-corrected chi connectivity index (χ3v) is 13.2. The molecule has 0 spiro atoms. The molecule has 11 atom stereocenters. The summed E-state index contributed by atoms with van der Waals surface area (Å²) in [4.78, 5) is 39.3. The van der Waals surface area contributed by atoms with E-state index in [4.69, 9.17) is 9.47 Å². The van der Waals surface area contributed by atoms with E-state index in [1.54, 1.807) is 19.1 Å². The van der Waals surface area contributed by atoms with Crippen molar-refractivity contribution in [2.24, 2.45) is 58.2 Å². The van der Waals surface area contributed by atoms with Crippen molar-refractivity contribution in [3.8, 4) is 0 Å². The number of benzene rings is 1. The van der Waals surface area contributed by atoms with Crippen LogP contribution in [-0.2, 0) is 19.1 Å². The van der Waals surface area contributed by atoms with Crippen LogP contribution in [0.15, 0.2) is 42.0 Å². The third kappa shape index (κ3) is 5.82. The molecule has 1 aromatic rings. The average Bonchev–Trinajstić information content (AvgIpc) is 3.33. The fraction of sp³-hybridized carbons (Fsp3) is 0.718. The molecule has 0 N–H and O–H groups in total. The third-order valence-electron chi connectivity index (χ3n) is 13.2. The number of ether oxygens (including phenoxy) is 2. The second kappa shape index (κ2) is 12.8. The molecule has 0 heterocycles. The van der Waals surface area contributed by atoms with Gasteiger partial charge in [0.2, 0.25) is 0 Å². The molecule has 4 aliphatic carbocycles. The first-order chi connectivity index (χ1) is 20.8. The maximum absolute atomic E-state index is 14.1. The molecule has 0 saturated heterocycles. The number of hydrogen-bond donors (Lipinski definition) is 0. The Labute approximate surface area is 265 Å². The van der Waals surface area contributed by atoms with E-state index in [0.717, 1.165) is 51.4 Å². The zero-order valence-electron chi connectivity index (χ0n) is 28.4. The molecule has 3 saturated carbocycles. The number of fused-ring (bicyclic) bond motifs is 5. The lowest BCUT2D eigenvalue weighted by atomic mass is 9.46. The number of rotatable bonds is 9. The van der Waals surface area contributed by atoms with Crippen molar-refractivity contribution < 1.29 is 23.9 Å². The molecular weight excluding hydrogens is 548 g/mol. The van der Waals surface area contributed by atoms with Gasteiger partial charge in [-0.1, -0.05) is 78.7 Å². The van der Waals surface area contributed by atoms with Gasteiger partial charge in [0.1, 0.15) is 12.2 Å². The Hall–Kier alpha value is -2.43. The van der Waals surface area contributed by atoms with Crippen LogP contribution < -0.4 is 0 Å². The van der Waals surface area contributed by atoms with Gasteiger partial charge in [-0.25, -0.2) is 4.79 Å². The summed E-state index contributed by atoms with van der Waals surface area (Å²) in [5.41, 5.74) is 1.93. The second-order valence-electron chi connectivity index (χ2n) is 15.7. The van der Waals surface area contributed by atoms with E-state index in [0.29, 0.717) is 35.2 Å². The van der Waals surface area contributed by atoms with Crippen LogP contribution in [0, 0.1) is 58.2 Å². The summed E-state index contributed by atoms with van der Waals surface area (Å²) in [7, 11) is 0. The normalized spacial score (nSPS) is 36.8. The van der Waals surface area contributed by atoms with Crippen LogP contribution in [0.25, 0.3) is 0 Å². The smallest absolute Gasteiger partial charge is 0.338 e. The Balaban J connectivity index is 1.36. The first-order valence-electron chi connectivity index (χ1n) is 17.5. The van der Waals surface area contributed by atoms with Gasteiger partial charge in [0, 0.05) is 18.8 Å². The van der Waals surface area contributed by atoms with Crippen LogP contribution in [0.3, 0.4) is 0 Å². The summed E-state index contributed by atoms with van der Waals surface area (Å²) in [5.74, 6) is 2.20. The van der Waals surface area contributed by atoms with Gasteiger partial charge in [-0.15, -0.1) is 0 Å². The Bertz CT molecular complexity index is 1250. The maximum atomic E-state index is 14.1. The molecule has 1 aromatic carbocycles.